The summed E-state index contributed by atoms with van der Waals surface area (Å²) >= 11 is 11.8. The number of rotatable bonds is 5. The van der Waals surface area contributed by atoms with Gasteiger partial charge in [0.2, 0.25) is 0 Å². The standard InChI is InChI=1S/C18H18Cl2N2O2/c1-11-4-5-14(13(3)12(11)2)9-21-22-18(23)10-24-17-7-6-15(19)8-16(17)20/h4-9H,10H2,1-3H3,(H,22,23)/b21-9-. The maximum atomic E-state index is 11.8. The summed E-state index contributed by atoms with van der Waals surface area (Å²) in [6.07, 6.45) is 1.62. The lowest BCUT2D eigenvalue weighted by Crippen LogP contribution is -2.24. The van der Waals surface area contributed by atoms with Crippen LogP contribution in [-0.2, 0) is 4.79 Å². The maximum Gasteiger partial charge on any atom is 0.277 e. The Morgan fingerprint density at radius 2 is 1.92 bits per heavy atom. The zero-order chi connectivity index (χ0) is 17.7. The summed E-state index contributed by atoms with van der Waals surface area (Å²) in [4.78, 5) is 11.8. The molecule has 0 saturated heterocycles. The Hall–Kier alpha value is -2.04. The van der Waals surface area contributed by atoms with Crippen molar-refractivity contribution < 1.29 is 9.53 Å². The molecule has 0 aliphatic heterocycles. The minimum absolute atomic E-state index is 0.190. The first kappa shape index (κ1) is 18.3. The Morgan fingerprint density at radius 3 is 2.62 bits per heavy atom. The van der Waals surface area contributed by atoms with Crippen molar-refractivity contribution in [1.29, 1.82) is 0 Å². The number of ether oxygens (including phenoxy) is 1. The van der Waals surface area contributed by atoms with Crippen molar-refractivity contribution in [2.75, 3.05) is 6.61 Å². The van der Waals surface area contributed by atoms with Crippen LogP contribution in [0.25, 0.3) is 0 Å². The highest BCUT2D eigenvalue weighted by atomic mass is 35.5. The van der Waals surface area contributed by atoms with E-state index in [0.717, 1.165) is 11.1 Å². The van der Waals surface area contributed by atoms with Crippen LogP contribution in [0.2, 0.25) is 10.0 Å². The lowest BCUT2D eigenvalue weighted by atomic mass is 10.00. The Labute approximate surface area is 151 Å². The van der Waals surface area contributed by atoms with Crippen molar-refractivity contribution >= 4 is 35.3 Å². The van der Waals surface area contributed by atoms with Crippen LogP contribution >= 0.6 is 23.2 Å². The molecule has 2 aromatic carbocycles. The summed E-state index contributed by atoms with van der Waals surface area (Å²) in [5, 5.41) is 4.82. The lowest BCUT2D eigenvalue weighted by Gasteiger charge is -2.08. The van der Waals surface area contributed by atoms with Crippen molar-refractivity contribution in [2.45, 2.75) is 20.8 Å². The van der Waals surface area contributed by atoms with Gasteiger partial charge in [0, 0.05) is 5.02 Å². The van der Waals surface area contributed by atoms with Gasteiger partial charge in [0.05, 0.1) is 11.2 Å². The third kappa shape index (κ3) is 4.73. The highest BCUT2D eigenvalue weighted by Gasteiger charge is 2.06. The minimum Gasteiger partial charge on any atom is -0.482 e. The van der Waals surface area contributed by atoms with Crippen LogP contribution in [0, 0.1) is 20.8 Å². The second kappa shape index (κ2) is 8.18. The van der Waals surface area contributed by atoms with E-state index in [-0.39, 0.29) is 12.5 Å². The number of carbonyl (C=O) groups excluding carboxylic acids is 1. The summed E-state index contributed by atoms with van der Waals surface area (Å²) in [5.41, 5.74) is 6.96. The Bertz CT molecular complexity index is 789. The van der Waals surface area contributed by atoms with Crippen LogP contribution in [0.15, 0.2) is 35.4 Å². The maximum absolute atomic E-state index is 11.8. The minimum atomic E-state index is -0.376. The van der Waals surface area contributed by atoms with Crippen LogP contribution in [0.5, 0.6) is 5.75 Å². The molecule has 0 spiro atoms. The van der Waals surface area contributed by atoms with Gasteiger partial charge in [-0.25, -0.2) is 5.43 Å². The van der Waals surface area contributed by atoms with Gasteiger partial charge in [0.1, 0.15) is 5.75 Å². The van der Waals surface area contributed by atoms with E-state index >= 15 is 0 Å². The normalized spacial score (nSPS) is 10.9. The van der Waals surface area contributed by atoms with Crippen LogP contribution in [0.1, 0.15) is 22.3 Å². The van der Waals surface area contributed by atoms with Gasteiger partial charge in [0.25, 0.3) is 5.91 Å². The molecule has 2 rings (SSSR count). The zero-order valence-corrected chi connectivity index (χ0v) is 15.2. The number of hydrogen-bond donors (Lipinski definition) is 1. The number of nitrogens with one attached hydrogen (secondary N) is 1. The first-order valence-electron chi connectivity index (χ1n) is 7.35. The molecule has 0 saturated carbocycles. The molecule has 0 fully saturated rings. The first-order chi connectivity index (χ1) is 11.4. The molecule has 0 radical (unpaired) electrons. The summed E-state index contributed by atoms with van der Waals surface area (Å²) in [7, 11) is 0. The molecule has 2 aromatic rings. The van der Waals surface area contributed by atoms with Crippen molar-refractivity contribution in [3.8, 4) is 5.75 Å². The molecule has 24 heavy (non-hydrogen) atoms. The molecule has 1 N–H and O–H groups in total. The zero-order valence-electron chi connectivity index (χ0n) is 13.7. The third-order valence-corrected chi connectivity index (χ3v) is 4.28. The monoisotopic (exact) mass is 364 g/mol. The number of hydrazone groups is 1. The van der Waals surface area contributed by atoms with E-state index in [1.807, 2.05) is 19.1 Å². The molecule has 0 aromatic heterocycles. The number of halogens is 2. The average Bonchev–Trinajstić information content (AvgIpc) is 2.54. The SMILES string of the molecule is Cc1ccc(/C=N\NC(=O)COc2ccc(Cl)cc2Cl)c(C)c1C. The van der Waals surface area contributed by atoms with E-state index in [0.29, 0.717) is 15.8 Å². The molecule has 0 atom stereocenters. The molecular weight excluding hydrogens is 347 g/mol. The topological polar surface area (TPSA) is 50.7 Å². The van der Waals surface area contributed by atoms with Gasteiger partial charge in [0.15, 0.2) is 6.61 Å². The fourth-order valence-electron chi connectivity index (χ4n) is 2.06. The van der Waals surface area contributed by atoms with E-state index in [1.54, 1.807) is 24.4 Å². The predicted molar refractivity (Wildman–Crippen MR) is 98.3 cm³/mol. The summed E-state index contributed by atoms with van der Waals surface area (Å²) in [6, 6.07) is 8.80. The first-order valence-corrected chi connectivity index (χ1v) is 8.10. The molecule has 4 nitrogen and oxygen atoms in total. The molecule has 6 heteroatoms. The lowest BCUT2D eigenvalue weighted by molar-refractivity contribution is -0.123. The molecule has 1 amide bonds. The van der Waals surface area contributed by atoms with Gasteiger partial charge in [-0.05, 0) is 61.2 Å². The van der Waals surface area contributed by atoms with Crippen LogP contribution < -0.4 is 10.2 Å². The van der Waals surface area contributed by atoms with Crippen molar-refractivity contribution in [2.24, 2.45) is 5.10 Å². The smallest absolute Gasteiger partial charge is 0.277 e. The summed E-state index contributed by atoms with van der Waals surface area (Å²) < 4.78 is 5.34. The number of carbonyl (C=O) groups is 1. The fourth-order valence-corrected chi connectivity index (χ4v) is 2.52. The second-order valence-electron chi connectivity index (χ2n) is 5.38. The predicted octanol–water partition coefficient (Wildman–Crippen LogP) is 4.45. The number of hydrogen-bond acceptors (Lipinski definition) is 3. The van der Waals surface area contributed by atoms with Gasteiger partial charge >= 0.3 is 0 Å². The summed E-state index contributed by atoms with van der Waals surface area (Å²) in [6.45, 7) is 5.95. The third-order valence-electron chi connectivity index (χ3n) is 3.75. The van der Waals surface area contributed by atoms with Gasteiger partial charge < -0.3 is 4.74 Å². The number of nitrogens with zero attached hydrogens (tertiary/aromatic N) is 1. The van der Waals surface area contributed by atoms with E-state index < -0.39 is 0 Å². The van der Waals surface area contributed by atoms with Crippen LogP contribution in [-0.4, -0.2) is 18.7 Å². The molecule has 0 bridgehead atoms. The number of amides is 1. The van der Waals surface area contributed by atoms with Crippen molar-refractivity contribution in [3.63, 3.8) is 0 Å². The Kier molecular flexibility index (Phi) is 6.23. The molecule has 0 unspecified atom stereocenters. The van der Waals surface area contributed by atoms with Crippen molar-refractivity contribution in [1.82, 2.24) is 5.43 Å². The highest BCUT2D eigenvalue weighted by molar-refractivity contribution is 6.35. The number of benzene rings is 2. The molecule has 0 heterocycles. The van der Waals surface area contributed by atoms with E-state index in [9.17, 15) is 4.79 Å². The quantitative estimate of drug-likeness (QED) is 0.629. The molecule has 0 aliphatic carbocycles. The van der Waals surface area contributed by atoms with Crippen molar-refractivity contribution in [3.05, 3.63) is 62.6 Å². The van der Waals surface area contributed by atoms with E-state index in [1.165, 1.54) is 11.1 Å². The molecule has 126 valence electrons. The van der Waals surface area contributed by atoms with Gasteiger partial charge in [-0.2, -0.15) is 5.10 Å². The highest BCUT2D eigenvalue weighted by Crippen LogP contribution is 2.27. The van der Waals surface area contributed by atoms with E-state index in [4.69, 9.17) is 27.9 Å². The van der Waals surface area contributed by atoms with E-state index in [2.05, 4.69) is 24.4 Å². The largest absolute Gasteiger partial charge is 0.482 e. The van der Waals surface area contributed by atoms with Crippen LogP contribution in [0.3, 0.4) is 0 Å². The fraction of sp³-hybridized carbons (Fsp3) is 0.222. The number of aryl methyl sites for hydroxylation is 1. The van der Waals surface area contributed by atoms with Gasteiger partial charge in [-0.3, -0.25) is 4.79 Å². The van der Waals surface area contributed by atoms with Gasteiger partial charge in [-0.1, -0.05) is 35.3 Å². The van der Waals surface area contributed by atoms with Crippen LogP contribution in [0.4, 0.5) is 0 Å². The Balaban J connectivity index is 1.90. The molecular formula is C18H18Cl2N2O2. The second-order valence-corrected chi connectivity index (χ2v) is 6.22. The Morgan fingerprint density at radius 1 is 1.17 bits per heavy atom. The molecule has 0 aliphatic rings. The average molecular weight is 365 g/mol. The van der Waals surface area contributed by atoms with Gasteiger partial charge in [-0.15, -0.1) is 0 Å². The summed E-state index contributed by atoms with van der Waals surface area (Å²) in [5.74, 6) is 0.0175.